The van der Waals surface area contributed by atoms with Crippen molar-refractivity contribution in [3.05, 3.63) is 60.5 Å². The molecule has 21 heavy (non-hydrogen) atoms. The van der Waals surface area contributed by atoms with Crippen molar-refractivity contribution < 1.29 is 35.3 Å². The molecule has 0 aliphatic rings. The van der Waals surface area contributed by atoms with E-state index in [4.69, 9.17) is 9.15 Å². The van der Waals surface area contributed by atoms with Crippen molar-refractivity contribution in [2.24, 2.45) is 0 Å². The van der Waals surface area contributed by atoms with Crippen molar-refractivity contribution in [1.29, 1.82) is 0 Å². The van der Waals surface area contributed by atoms with E-state index in [1.807, 2.05) is 47.0 Å². The lowest BCUT2D eigenvalue weighted by atomic mass is 10.1. The number of rotatable bonds is 3. The van der Waals surface area contributed by atoms with Gasteiger partial charge in [0.25, 0.3) is 5.69 Å². The molecule has 0 aliphatic carbocycles. The van der Waals surface area contributed by atoms with Crippen molar-refractivity contribution in [2.45, 2.75) is 6.92 Å². The van der Waals surface area contributed by atoms with E-state index < -0.39 is 0 Å². The number of hydrogen-bond acceptors (Lipinski definition) is 3. The van der Waals surface area contributed by atoms with Gasteiger partial charge in [0.2, 0.25) is 5.52 Å². The summed E-state index contributed by atoms with van der Waals surface area (Å²) in [5, 5.41) is 0. The second-order valence-electron chi connectivity index (χ2n) is 4.29. The average Bonchev–Trinajstić information content (AvgIpc) is 3.00. The molecule has 0 bridgehead atoms. The Kier molecular flexibility index (Phi) is 4.75. The van der Waals surface area contributed by atoms with E-state index in [0.717, 1.165) is 17.0 Å². The monoisotopic (exact) mass is 347 g/mol. The highest BCUT2D eigenvalue weighted by Crippen LogP contribution is 2.19. The number of carbonyl (C=O) groups excluding carboxylic acids is 1. The first kappa shape index (κ1) is 15.3. The van der Waals surface area contributed by atoms with Crippen LogP contribution in [-0.4, -0.2) is 12.6 Å². The summed E-state index contributed by atoms with van der Waals surface area (Å²) >= 11 is 0. The lowest BCUT2D eigenvalue weighted by molar-refractivity contribution is -0.500. The number of fused-ring (bicyclic) bond motifs is 1. The Hall–Kier alpha value is -2.14. The number of halogens is 1. The maximum absolute atomic E-state index is 12.0. The van der Waals surface area contributed by atoms with Crippen LogP contribution in [0.15, 0.2) is 59.3 Å². The normalized spacial score (nSPS) is 10.1. The van der Waals surface area contributed by atoms with Crippen LogP contribution in [0.25, 0.3) is 17.0 Å². The number of hydrogen-bond donors (Lipinski definition) is 0. The third-order valence-corrected chi connectivity index (χ3v) is 3.07. The van der Waals surface area contributed by atoms with Crippen LogP contribution in [0, 0.1) is 0 Å². The Morgan fingerprint density at radius 2 is 2.05 bits per heavy atom. The van der Waals surface area contributed by atoms with Gasteiger partial charge in [-0.25, -0.2) is 4.79 Å². The molecular weight excluding hydrogens is 334 g/mol. The summed E-state index contributed by atoms with van der Waals surface area (Å²) in [6.07, 6.45) is 3.53. The second-order valence-corrected chi connectivity index (χ2v) is 4.29. The van der Waals surface area contributed by atoms with Gasteiger partial charge in [-0.2, -0.15) is 4.40 Å². The lowest BCUT2D eigenvalue weighted by Crippen LogP contribution is -3.00. The molecule has 0 aromatic carbocycles. The van der Waals surface area contributed by atoms with Crippen molar-refractivity contribution in [2.75, 3.05) is 6.61 Å². The Bertz CT molecular complexity index is 753. The van der Waals surface area contributed by atoms with Crippen molar-refractivity contribution in [3.63, 3.8) is 0 Å². The zero-order valence-corrected chi connectivity index (χ0v) is 13.0. The Labute approximate surface area is 132 Å². The molecule has 4 nitrogen and oxygen atoms in total. The zero-order valence-electron chi connectivity index (χ0n) is 11.5. The smallest absolute Gasteiger partial charge is 0.344 e. The van der Waals surface area contributed by atoms with E-state index >= 15 is 0 Å². The van der Waals surface area contributed by atoms with Gasteiger partial charge in [0.05, 0.1) is 12.9 Å². The van der Waals surface area contributed by atoms with E-state index in [9.17, 15) is 4.79 Å². The standard InChI is InChI=1S/C16H14NO3.BrH/c1-2-19-16(18)12-8-9-14(15-7-5-11-20-15)17-10-4-3-6-13(12)17;/h3-11H,2H2,1H3;1H/q+1;/p-1. The van der Waals surface area contributed by atoms with Gasteiger partial charge in [0.15, 0.2) is 12.0 Å². The second kappa shape index (κ2) is 6.54. The molecule has 0 saturated heterocycles. The molecule has 5 heteroatoms. The van der Waals surface area contributed by atoms with Gasteiger partial charge in [-0.3, -0.25) is 0 Å². The van der Waals surface area contributed by atoms with E-state index in [1.165, 1.54) is 0 Å². The highest BCUT2D eigenvalue weighted by molar-refractivity contribution is 5.96. The zero-order chi connectivity index (χ0) is 13.9. The number of aromatic nitrogens is 1. The summed E-state index contributed by atoms with van der Waals surface area (Å²) in [5.41, 5.74) is 2.22. The summed E-state index contributed by atoms with van der Waals surface area (Å²) in [5.74, 6) is 0.434. The largest absolute Gasteiger partial charge is 1.00 e. The van der Waals surface area contributed by atoms with Crippen LogP contribution in [0.3, 0.4) is 0 Å². The quantitative estimate of drug-likeness (QED) is 0.489. The molecule has 0 spiro atoms. The maximum atomic E-state index is 12.0. The van der Waals surface area contributed by atoms with Crippen LogP contribution < -0.4 is 21.4 Å². The SMILES string of the molecule is CCOC(=O)c1ccc(-c2ccco2)[n+]2ccccc12.[Br-]. The fraction of sp³-hybridized carbons (Fsp3) is 0.125. The number of carbonyl (C=O) groups is 1. The minimum absolute atomic E-state index is 0. The van der Waals surface area contributed by atoms with Gasteiger partial charge in [0, 0.05) is 18.2 Å². The van der Waals surface area contributed by atoms with Crippen LogP contribution in [0.2, 0.25) is 0 Å². The van der Waals surface area contributed by atoms with Gasteiger partial charge in [0.1, 0.15) is 5.56 Å². The van der Waals surface area contributed by atoms with Crippen LogP contribution in [-0.2, 0) is 4.74 Å². The van der Waals surface area contributed by atoms with Gasteiger partial charge in [-0.15, -0.1) is 0 Å². The Morgan fingerprint density at radius 3 is 2.76 bits per heavy atom. The third kappa shape index (κ3) is 2.83. The number of esters is 1. The van der Waals surface area contributed by atoms with E-state index in [2.05, 4.69) is 0 Å². The van der Waals surface area contributed by atoms with Crippen molar-refractivity contribution in [1.82, 2.24) is 0 Å². The predicted molar refractivity (Wildman–Crippen MR) is 73.3 cm³/mol. The van der Waals surface area contributed by atoms with E-state index in [1.54, 1.807) is 19.3 Å². The van der Waals surface area contributed by atoms with Crippen molar-refractivity contribution in [3.8, 4) is 11.5 Å². The maximum Gasteiger partial charge on any atom is 0.344 e. The Balaban J connectivity index is 0.00000161. The first-order valence-corrected chi connectivity index (χ1v) is 6.45. The van der Waals surface area contributed by atoms with Gasteiger partial charge >= 0.3 is 5.97 Å². The first-order valence-electron chi connectivity index (χ1n) is 6.45. The minimum atomic E-state index is -0.317. The van der Waals surface area contributed by atoms with Crippen LogP contribution >= 0.6 is 0 Å². The van der Waals surface area contributed by atoms with E-state index in [-0.39, 0.29) is 23.0 Å². The van der Waals surface area contributed by atoms with Gasteiger partial charge < -0.3 is 26.1 Å². The third-order valence-electron chi connectivity index (χ3n) is 3.07. The molecule has 108 valence electrons. The molecule has 0 amide bonds. The molecule has 0 N–H and O–H groups in total. The van der Waals surface area contributed by atoms with Crippen LogP contribution in [0.5, 0.6) is 0 Å². The van der Waals surface area contributed by atoms with Crippen LogP contribution in [0.1, 0.15) is 17.3 Å². The number of ether oxygens (including phenoxy) is 1. The number of furan rings is 1. The first-order chi connectivity index (χ1) is 9.81. The summed E-state index contributed by atoms with van der Waals surface area (Å²) in [4.78, 5) is 12.0. The Morgan fingerprint density at radius 1 is 1.19 bits per heavy atom. The molecule has 0 atom stereocenters. The van der Waals surface area contributed by atoms with Gasteiger partial charge in [-0.1, -0.05) is 0 Å². The fourth-order valence-electron chi connectivity index (χ4n) is 2.21. The molecule has 0 saturated carbocycles. The molecule has 0 fully saturated rings. The summed E-state index contributed by atoms with van der Waals surface area (Å²) in [6.45, 7) is 2.15. The molecule has 0 aliphatic heterocycles. The van der Waals surface area contributed by atoms with E-state index in [0.29, 0.717) is 12.2 Å². The molecule has 3 aromatic heterocycles. The molecule has 3 heterocycles. The topological polar surface area (TPSA) is 43.5 Å². The summed E-state index contributed by atoms with van der Waals surface area (Å²) in [7, 11) is 0. The summed E-state index contributed by atoms with van der Waals surface area (Å²) < 4.78 is 12.5. The molecular formula is C16H14BrNO3. The molecule has 0 unspecified atom stereocenters. The lowest BCUT2D eigenvalue weighted by Gasteiger charge is -2.03. The van der Waals surface area contributed by atoms with Gasteiger partial charge in [-0.05, 0) is 31.2 Å². The molecule has 0 radical (unpaired) electrons. The number of nitrogens with zero attached hydrogens (tertiary/aromatic N) is 1. The highest BCUT2D eigenvalue weighted by Gasteiger charge is 2.21. The van der Waals surface area contributed by atoms with Crippen LogP contribution in [0.4, 0.5) is 0 Å². The van der Waals surface area contributed by atoms with Crippen molar-refractivity contribution >= 4 is 11.5 Å². The average molecular weight is 348 g/mol. The summed E-state index contributed by atoms with van der Waals surface area (Å²) in [6, 6.07) is 13.0. The molecule has 3 rings (SSSR count). The fourth-order valence-corrected chi connectivity index (χ4v) is 2.21. The highest BCUT2D eigenvalue weighted by atomic mass is 79.9. The predicted octanol–water partition coefficient (Wildman–Crippen LogP) is -0.134. The number of pyridine rings is 2. The molecule has 3 aromatic rings. The minimum Gasteiger partial charge on any atom is -1.00 e.